The molecule has 0 saturated heterocycles. The summed E-state index contributed by atoms with van der Waals surface area (Å²) < 4.78 is 0. The molecule has 0 aromatic rings. The lowest BCUT2D eigenvalue weighted by Gasteiger charge is -2.28. The third kappa shape index (κ3) is 22.9. The monoisotopic (exact) mass is 845 g/mol. The smallest absolute Gasteiger partial charge is 0.326 e. The normalized spacial score (nSPS) is 14.6. The Kier molecular flexibility index (Phi) is 25.5. The number of hydrogen-bond donors (Lipinski definition) is 13. The quantitative estimate of drug-likeness (QED) is 0.0311. The average molecular weight is 846 g/mol. The van der Waals surface area contributed by atoms with Gasteiger partial charge in [0.15, 0.2) is 0 Å². The topological polar surface area (TPSA) is 388 Å². The maximum absolute atomic E-state index is 13.7. The lowest BCUT2D eigenvalue weighted by atomic mass is 10.00. The predicted molar refractivity (Wildman–Crippen MR) is 209 cm³/mol. The Morgan fingerprint density at radius 2 is 0.949 bits per heavy atom. The molecule has 0 rings (SSSR count). The number of nitrogens with one attached hydrogen (secondary N) is 7. The zero-order chi connectivity index (χ0) is 45.4. The largest absolute Gasteiger partial charge is 0.481 e. The SMILES string of the molecule is CC(C)C[C@H](NC(=O)[C@H](CCC(=O)O)NC(=O)[C@H](CC(C)C)NC(=O)[C@H](CCC(=O)O)NC(=O)CNC(=O)[C@H](C)NC(=O)[C@@H](N)CO)C(=O)N[C@@H](CCCCN)C(=O)O. The van der Waals surface area contributed by atoms with Crippen LogP contribution in [-0.4, -0.2) is 142 Å². The van der Waals surface area contributed by atoms with Crippen LogP contribution in [0.2, 0.25) is 0 Å². The standard InChI is InChI=1S/C36H63N9O14/c1-18(2)14-25(44-32(54)22(9-11-28(48)49)41-27(47)16-39-30(52)20(5)40-31(53)21(38)17-46)34(56)42-23(10-12-29(50)51)33(55)45-26(15-19(3)4)35(57)43-24(36(58)59)8-6-7-13-37/h18-26,46H,6-17,37-38H2,1-5H3,(H,39,52)(H,40,53)(H,41,47)(H,42,56)(H,43,57)(H,44,54)(H,45,55)(H,48,49)(H,50,51)(H,58,59)/t20-,21-,22-,23-,24-,25-,26-/m0/s1. The van der Waals surface area contributed by atoms with Crippen molar-refractivity contribution >= 4 is 59.3 Å². The van der Waals surface area contributed by atoms with E-state index in [4.69, 9.17) is 16.6 Å². The van der Waals surface area contributed by atoms with Crippen molar-refractivity contribution in [1.82, 2.24) is 37.2 Å². The Balaban J connectivity index is 6.17. The second-order valence-corrected chi connectivity index (χ2v) is 14.8. The fraction of sp³-hybridized carbons (Fsp3) is 0.722. The van der Waals surface area contributed by atoms with Crippen LogP contribution >= 0.6 is 0 Å². The molecular weight excluding hydrogens is 782 g/mol. The van der Waals surface area contributed by atoms with Gasteiger partial charge in [0, 0.05) is 12.8 Å². The van der Waals surface area contributed by atoms with E-state index in [-0.39, 0.29) is 31.1 Å². The highest BCUT2D eigenvalue weighted by Gasteiger charge is 2.33. The molecule has 0 aromatic carbocycles. The summed E-state index contributed by atoms with van der Waals surface area (Å²) in [7, 11) is 0. The minimum absolute atomic E-state index is 0.0421. The summed E-state index contributed by atoms with van der Waals surface area (Å²) >= 11 is 0. The van der Waals surface area contributed by atoms with Gasteiger partial charge in [0.2, 0.25) is 41.4 Å². The summed E-state index contributed by atoms with van der Waals surface area (Å²) in [5, 5.41) is 53.8. The Hall–Kier alpha value is -5.42. The van der Waals surface area contributed by atoms with Gasteiger partial charge < -0.3 is 69.1 Å². The number of unbranched alkanes of at least 4 members (excludes halogenated alkanes) is 1. The van der Waals surface area contributed by atoms with E-state index < -0.39 is 140 Å². The first-order chi connectivity index (χ1) is 27.5. The van der Waals surface area contributed by atoms with E-state index in [1.807, 2.05) is 0 Å². The Labute approximate surface area is 342 Å². The van der Waals surface area contributed by atoms with Crippen molar-refractivity contribution in [3.05, 3.63) is 0 Å². The zero-order valence-electron chi connectivity index (χ0n) is 34.2. The molecule has 0 aliphatic rings. The van der Waals surface area contributed by atoms with Crippen LogP contribution in [0.4, 0.5) is 0 Å². The first-order valence-electron chi connectivity index (χ1n) is 19.3. The number of carboxylic acid groups (broad SMARTS) is 3. The van der Waals surface area contributed by atoms with Crippen LogP contribution in [0.25, 0.3) is 0 Å². The van der Waals surface area contributed by atoms with E-state index in [0.717, 1.165) is 0 Å². The van der Waals surface area contributed by atoms with E-state index in [0.29, 0.717) is 19.4 Å². The summed E-state index contributed by atoms with van der Waals surface area (Å²) in [5.41, 5.74) is 10.9. The number of carbonyl (C=O) groups is 10. The summed E-state index contributed by atoms with van der Waals surface area (Å²) in [6.07, 6.45) is -1.15. The van der Waals surface area contributed by atoms with Crippen molar-refractivity contribution in [2.75, 3.05) is 19.7 Å². The van der Waals surface area contributed by atoms with Gasteiger partial charge in [-0.2, -0.15) is 0 Å². The summed E-state index contributed by atoms with van der Waals surface area (Å²) in [4.78, 5) is 126. The molecular formula is C36H63N9O14. The van der Waals surface area contributed by atoms with E-state index in [1.165, 1.54) is 6.92 Å². The van der Waals surface area contributed by atoms with E-state index in [1.54, 1.807) is 27.7 Å². The molecule has 15 N–H and O–H groups in total. The van der Waals surface area contributed by atoms with Crippen molar-refractivity contribution in [2.24, 2.45) is 23.3 Å². The summed E-state index contributed by atoms with van der Waals surface area (Å²) in [5.74, 6) is -10.8. The van der Waals surface area contributed by atoms with Crippen LogP contribution in [0.15, 0.2) is 0 Å². The fourth-order valence-corrected chi connectivity index (χ4v) is 5.35. The van der Waals surface area contributed by atoms with Crippen molar-refractivity contribution in [3.63, 3.8) is 0 Å². The zero-order valence-corrected chi connectivity index (χ0v) is 34.2. The molecule has 23 heteroatoms. The van der Waals surface area contributed by atoms with Gasteiger partial charge in [-0.25, -0.2) is 4.79 Å². The number of aliphatic hydroxyl groups is 1. The first-order valence-corrected chi connectivity index (χ1v) is 19.3. The lowest BCUT2D eigenvalue weighted by molar-refractivity contribution is -0.142. The van der Waals surface area contributed by atoms with Gasteiger partial charge in [0.05, 0.1) is 13.2 Å². The Morgan fingerprint density at radius 1 is 0.525 bits per heavy atom. The van der Waals surface area contributed by atoms with Crippen molar-refractivity contribution in [3.8, 4) is 0 Å². The number of rotatable bonds is 30. The first kappa shape index (κ1) is 53.6. The van der Waals surface area contributed by atoms with Gasteiger partial charge in [-0.1, -0.05) is 27.7 Å². The molecule has 0 aliphatic carbocycles. The molecule has 0 radical (unpaired) electrons. The fourth-order valence-electron chi connectivity index (χ4n) is 5.35. The highest BCUT2D eigenvalue weighted by atomic mass is 16.4. The van der Waals surface area contributed by atoms with Gasteiger partial charge in [0.1, 0.15) is 42.3 Å². The minimum atomic E-state index is -1.56. The molecule has 0 unspecified atom stereocenters. The van der Waals surface area contributed by atoms with Crippen molar-refractivity contribution in [2.45, 2.75) is 135 Å². The van der Waals surface area contributed by atoms with Gasteiger partial charge in [-0.3, -0.25) is 43.2 Å². The molecule has 0 spiro atoms. The maximum Gasteiger partial charge on any atom is 0.326 e. The summed E-state index contributed by atoms with van der Waals surface area (Å²) in [6.45, 7) is 7.07. The van der Waals surface area contributed by atoms with Crippen molar-refractivity contribution < 1.29 is 68.4 Å². The highest BCUT2D eigenvalue weighted by molar-refractivity contribution is 5.97. The second-order valence-electron chi connectivity index (χ2n) is 14.8. The van der Waals surface area contributed by atoms with Crippen LogP contribution < -0.4 is 48.7 Å². The Bertz CT molecular complexity index is 1460. The molecule has 7 atom stereocenters. The average Bonchev–Trinajstić information content (AvgIpc) is 3.14. The number of amides is 7. The third-order valence-corrected chi connectivity index (χ3v) is 8.53. The number of aliphatic hydroxyl groups excluding tert-OH is 1. The molecule has 59 heavy (non-hydrogen) atoms. The number of hydrogen-bond acceptors (Lipinski definition) is 13. The molecule has 0 aromatic heterocycles. The number of carbonyl (C=O) groups excluding carboxylic acids is 7. The van der Waals surface area contributed by atoms with Crippen molar-refractivity contribution in [1.29, 1.82) is 0 Å². The number of aliphatic carboxylic acids is 3. The van der Waals surface area contributed by atoms with Gasteiger partial charge in [0.25, 0.3) is 0 Å². The minimum Gasteiger partial charge on any atom is -0.481 e. The number of nitrogens with two attached hydrogens (primary N) is 2. The van der Waals surface area contributed by atoms with Gasteiger partial charge in [-0.15, -0.1) is 0 Å². The van der Waals surface area contributed by atoms with Crippen LogP contribution in [0, 0.1) is 11.8 Å². The van der Waals surface area contributed by atoms with E-state index >= 15 is 0 Å². The Morgan fingerprint density at radius 3 is 1.36 bits per heavy atom. The third-order valence-electron chi connectivity index (χ3n) is 8.53. The van der Waals surface area contributed by atoms with Crippen LogP contribution in [0.5, 0.6) is 0 Å². The van der Waals surface area contributed by atoms with Crippen LogP contribution in [-0.2, 0) is 47.9 Å². The molecule has 0 saturated carbocycles. The summed E-state index contributed by atoms with van der Waals surface area (Å²) in [6, 6.07) is -9.59. The second kappa shape index (κ2) is 28.1. The molecule has 7 amide bonds. The molecule has 0 bridgehead atoms. The molecule has 336 valence electrons. The highest BCUT2D eigenvalue weighted by Crippen LogP contribution is 2.11. The maximum atomic E-state index is 13.7. The molecule has 0 fully saturated rings. The molecule has 0 heterocycles. The lowest BCUT2D eigenvalue weighted by Crippen LogP contribution is -2.59. The van der Waals surface area contributed by atoms with Gasteiger partial charge in [-0.05, 0) is 70.3 Å². The predicted octanol–water partition coefficient (Wildman–Crippen LogP) is -3.61. The molecule has 0 aliphatic heterocycles. The van der Waals surface area contributed by atoms with E-state index in [2.05, 4.69) is 37.2 Å². The van der Waals surface area contributed by atoms with E-state index in [9.17, 15) is 63.3 Å². The van der Waals surface area contributed by atoms with Crippen LogP contribution in [0.3, 0.4) is 0 Å². The number of carboxylic acids is 3. The van der Waals surface area contributed by atoms with Gasteiger partial charge >= 0.3 is 17.9 Å². The molecule has 23 nitrogen and oxygen atoms in total. The van der Waals surface area contributed by atoms with Crippen LogP contribution in [0.1, 0.15) is 92.4 Å².